The molecule has 0 aliphatic carbocycles. The summed E-state index contributed by atoms with van der Waals surface area (Å²) < 4.78 is 0. The smallest absolute Gasteiger partial charge is 0.325 e. The van der Waals surface area contributed by atoms with Crippen LogP contribution in [0.1, 0.15) is 37.3 Å². The Morgan fingerprint density at radius 1 is 1.25 bits per heavy atom. The van der Waals surface area contributed by atoms with Gasteiger partial charge in [0.25, 0.3) is 0 Å². The predicted octanol–water partition coefficient (Wildman–Crippen LogP) is 2.03. The molecule has 0 spiro atoms. The lowest BCUT2D eigenvalue weighted by atomic mass is 9.95. The Morgan fingerprint density at radius 2 is 2.05 bits per heavy atom. The van der Waals surface area contributed by atoms with E-state index in [9.17, 15) is 9.90 Å². The lowest BCUT2D eigenvalue weighted by molar-refractivity contribution is -0.140. The fraction of sp³-hybridized carbons (Fsp3) is 0.562. The van der Waals surface area contributed by atoms with E-state index in [1.807, 2.05) is 30.3 Å². The van der Waals surface area contributed by atoms with Gasteiger partial charge in [0.05, 0.1) is 0 Å². The van der Waals surface area contributed by atoms with E-state index in [1.165, 1.54) is 19.4 Å². The number of rotatable bonds is 4. The maximum absolute atomic E-state index is 11.5. The number of nitrogens with one attached hydrogen (secondary N) is 1. The van der Waals surface area contributed by atoms with Gasteiger partial charge in [-0.1, -0.05) is 30.3 Å². The number of benzene rings is 1. The molecule has 0 aromatic heterocycles. The standard InChI is InChI=1S/C16H22N2O2/c19-16(20)15(12-5-2-1-3-6-12)17-13-8-10-18-9-4-7-14(18)11-13/h1-3,5-6,13-15,17H,4,7-11H2,(H,19,20). The molecule has 20 heavy (non-hydrogen) atoms. The van der Waals surface area contributed by atoms with E-state index >= 15 is 0 Å². The van der Waals surface area contributed by atoms with Crippen LogP contribution in [0.5, 0.6) is 0 Å². The summed E-state index contributed by atoms with van der Waals surface area (Å²) in [4.78, 5) is 14.1. The Labute approximate surface area is 119 Å². The number of carboxylic acids is 1. The number of hydrogen-bond donors (Lipinski definition) is 2. The maximum atomic E-state index is 11.5. The highest BCUT2D eigenvalue weighted by Gasteiger charge is 2.33. The fourth-order valence-corrected chi connectivity index (χ4v) is 3.57. The maximum Gasteiger partial charge on any atom is 0.325 e. The molecule has 2 saturated heterocycles. The van der Waals surface area contributed by atoms with Gasteiger partial charge in [0.2, 0.25) is 0 Å². The number of fused-ring (bicyclic) bond motifs is 1. The van der Waals surface area contributed by atoms with E-state index < -0.39 is 12.0 Å². The molecule has 4 heteroatoms. The quantitative estimate of drug-likeness (QED) is 0.882. The summed E-state index contributed by atoms with van der Waals surface area (Å²) in [5, 5.41) is 12.8. The van der Waals surface area contributed by atoms with E-state index in [-0.39, 0.29) is 0 Å². The minimum atomic E-state index is -0.787. The number of carboxylic acid groups (broad SMARTS) is 1. The van der Waals surface area contributed by atoms with Crippen molar-refractivity contribution >= 4 is 5.97 Å². The van der Waals surface area contributed by atoms with Crippen molar-refractivity contribution in [2.45, 2.75) is 43.8 Å². The largest absolute Gasteiger partial charge is 0.480 e. The normalized spacial score (nSPS) is 28.0. The van der Waals surface area contributed by atoms with Crippen molar-refractivity contribution in [3.8, 4) is 0 Å². The number of hydrogen-bond acceptors (Lipinski definition) is 3. The first-order valence-electron chi connectivity index (χ1n) is 7.52. The highest BCUT2D eigenvalue weighted by Crippen LogP contribution is 2.28. The predicted molar refractivity (Wildman–Crippen MR) is 77.6 cm³/mol. The van der Waals surface area contributed by atoms with Crippen molar-refractivity contribution in [1.82, 2.24) is 10.2 Å². The van der Waals surface area contributed by atoms with E-state index in [0.29, 0.717) is 12.1 Å². The SMILES string of the molecule is O=C(O)C(NC1CCN2CCCC2C1)c1ccccc1. The summed E-state index contributed by atoms with van der Waals surface area (Å²) in [5.74, 6) is -0.787. The summed E-state index contributed by atoms with van der Waals surface area (Å²) in [6, 6.07) is 9.86. The number of nitrogens with zero attached hydrogens (tertiary/aromatic N) is 1. The first-order valence-corrected chi connectivity index (χ1v) is 7.52. The monoisotopic (exact) mass is 274 g/mol. The third-order valence-electron chi connectivity index (χ3n) is 4.60. The lowest BCUT2D eigenvalue weighted by Gasteiger charge is -2.36. The Morgan fingerprint density at radius 3 is 2.80 bits per heavy atom. The van der Waals surface area contributed by atoms with E-state index in [4.69, 9.17) is 0 Å². The first kappa shape index (κ1) is 13.6. The van der Waals surface area contributed by atoms with Crippen LogP contribution in [0.25, 0.3) is 0 Å². The van der Waals surface area contributed by atoms with Gasteiger partial charge in [-0.05, 0) is 44.3 Å². The van der Waals surface area contributed by atoms with E-state index in [0.717, 1.165) is 24.9 Å². The molecule has 3 atom stereocenters. The van der Waals surface area contributed by atoms with Crippen molar-refractivity contribution in [2.75, 3.05) is 13.1 Å². The van der Waals surface area contributed by atoms with Crippen molar-refractivity contribution in [1.29, 1.82) is 0 Å². The summed E-state index contributed by atoms with van der Waals surface area (Å²) in [5.41, 5.74) is 0.842. The molecule has 0 bridgehead atoms. The van der Waals surface area contributed by atoms with Gasteiger partial charge < -0.3 is 10.0 Å². The van der Waals surface area contributed by atoms with Crippen LogP contribution in [-0.2, 0) is 4.79 Å². The highest BCUT2D eigenvalue weighted by molar-refractivity contribution is 5.75. The minimum Gasteiger partial charge on any atom is -0.480 e. The fourth-order valence-electron chi connectivity index (χ4n) is 3.57. The summed E-state index contributed by atoms with van der Waals surface area (Å²) >= 11 is 0. The summed E-state index contributed by atoms with van der Waals surface area (Å²) in [6.45, 7) is 2.32. The zero-order valence-corrected chi connectivity index (χ0v) is 11.7. The molecule has 0 amide bonds. The molecule has 108 valence electrons. The Bertz CT molecular complexity index is 463. The van der Waals surface area contributed by atoms with Crippen LogP contribution in [0.4, 0.5) is 0 Å². The molecule has 2 aliphatic rings. The van der Waals surface area contributed by atoms with Crippen LogP contribution >= 0.6 is 0 Å². The summed E-state index contributed by atoms with van der Waals surface area (Å²) in [6.07, 6.45) is 4.68. The van der Waals surface area contributed by atoms with Gasteiger partial charge in [-0.2, -0.15) is 0 Å². The second kappa shape index (κ2) is 5.94. The zero-order chi connectivity index (χ0) is 13.9. The van der Waals surface area contributed by atoms with E-state index in [2.05, 4.69) is 10.2 Å². The van der Waals surface area contributed by atoms with Gasteiger partial charge in [-0.3, -0.25) is 10.1 Å². The molecule has 4 nitrogen and oxygen atoms in total. The topological polar surface area (TPSA) is 52.6 Å². The molecule has 1 aromatic rings. The molecule has 0 saturated carbocycles. The van der Waals surface area contributed by atoms with Gasteiger partial charge in [0.1, 0.15) is 6.04 Å². The lowest BCUT2D eigenvalue weighted by Crippen LogP contribution is -2.47. The number of piperidine rings is 1. The van der Waals surface area contributed by atoms with Gasteiger partial charge in [-0.25, -0.2) is 0 Å². The van der Waals surface area contributed by atoms with Crippen LogP contribution in [0, 0.1) is 0 Å². The van der Waals surface area contributed by atoms with Crippen molar-refractivity contribution in [3.63, 3.8) is 0 Å². The molecular formula is C16H22N2O2. The van der Waals surface area contributed by atoms with Crippen molar-refractivity contribution in [2.24, 2.45) is 0 Å². The Kier molecular flexibility index (Phi) is 4.03. The third kappa shape index (κ3) is 2.86. The zero-order valence-electron chi connectivity index (χ0n) is 11.7. The molecule has 3 rings (SSSR count). The van der Waals surface area contributed by atoms with Gasteiger partial charge in [-0.15, -0.1) is 0 Å². The molecule has 2 aliphatic heterocycles. The molecule has 3 unspecified atom stereocenters. The second-order valence-corrected chi connectivity index (χ2v) is 5.90. The molecular weight excluding hydrogens is 252 g/mol. The van der Waals surface area contributed by atoms with Crippen LogP contribution in [0.15, 0.2) is 30.3 Å². The van der Waals surface area contributed by atoms with Crippen LogP contribution in [-0.4, -0.2) is 41.1 Å². The van der Waals surface area contributed by atoms with E-state index in [1.54, 1.807) is 0 Å². The van der Waals surface area contributed by atoms with Gasteiger partial charge in [0.15, 0.2) is 0 Å². The molecule has 2 fully saturated rings. The van der Waals surface area contributed by atoms with Crippen molar-refractivity contribution in [3.05, 3.63) is 35.9 Å². The molecule has 1 aromatic carbocycles. The average molecular weight is 274 g/mol. The summed E-state index contributed by atoms with van der Waals surface area (Å²) in [7, 11) is 0. The van der Waals surface area contributed by atoms with Crippen LogP contribution in [0.2, 0.25) is 0 Å². The van der Waals surface area contributed by atoms with Crippen LogP contribution < -0.4 is 5.32 Å². The third-order valence-corrected chi connectivity index (χ3v) is 4.60. The van der Waals surface area contributed by atoms with Gasteiger partial charge >= 0.3 is 5.97 Å². The first-order chi connectivity index (χ1) is 9.74. The van der Waals surface area contributed by atoms with Crippen LogP contribution in [0.3, 0.4) is 0 Å². The van der Waals surface area contributed by atoms with Gasteiger partial charge in [0, 0.05) is 12.1 Å². The molecule has 0 radical (unpaired) electrons. The number of carbonyl (C=O) groups is 1. The number of aliphatic carboxylic acids is 1. The average Bonchev–Trinajstić information content (AvgIpc) is 2.93. The Balaban J connectivity index is 1.67. The second-order valence-electron chi connectivity index (χ2n) is 5.90. The minimum absolute atomic E-state index is 0.315. The molecule has 2 heterocycles. The Hall–Kier alpha value is -1.39. The van der Waals surface area contributed by atoms with Crippen molar-refractivity contribution < 1.29 is 9.90 Å². The molecule has 2 N–H and O–H groups in total. The highest BCUT2D eigenvalue weighted by atomic mass is 16.4.